The number of anilines is 1. The lowest BCUT2D eigenvalue weighted by atomic mass is 10.2. The van der Waals surface area contributed by atoms with E-state index in [1.54, 1.807) is 0 Å². The molecule has 2 aromatic rings. The minimum Gasteiger partial charge on any atom is -0.398 e. The minimum absolute atomic E-state index is 0.0255. The molecule has 5 nitrogen and oxygen atoms in total. The Labute approximate surface area is 126 Å². The summed E-state index contributed by atoms with van der Waals surface area (Å²) in [5, 5.41) is 0. The molecule has 20 heavy (non-hydrogen) atoms. The normalized spacial score (nSPS) is 11.8. The molecule has 0 bridgehead atoms. The third-order valence-corrected chi connectivity index (χ3v) is 5.14. The monoisotopic (exact) mass is 355 g/mol. The molecule has 0 aliphatic rings. The van der Waals surface area contributed by atoms with Crippen molar-refractivity contribution >= 4 is 31.6 Å². The van der Waals surface area contributed by atoms with Gasteiger partial charge in [-0.05, 0) is 23.8 Å². The maximum Gasteiger partial charge on any atom is 0.246 e. The number of sulfonamides is 1. The van der Waals surface area contributed by atoms with Crippen LogP contribution in [0.1, 0.15) is 5.56 Å². The van der Waals surface area contributed by atoms with Crippen molar-refractivity contribution in [2.24, 2.45) is 0 Å². The van der Waals surface area contributed by atoms with Crippen LogP contribution in [0, 0.1) is 0 Å². The SMILES string of the molecule is CN(Cc1cccc(Br)c1)S(=O)(=O)c1cnccc1N. The van der Waals surface area contributed by atoms with Crippen LogP contribution < -0.4 is 5.73 Å². The number of rotatable bonds is 4. The summed E-state index contributed by atoms with van der Waals surface area (Å²) in [5.41, 5.74) is 6.79. The molecular weight excluding hydrogens is 342 g/mol. The van der Waals surface area contributed by atoms with E-state index in [1.807, 2.05) is 24.3 Å². The number of hydrogen-bond donors (Lipinski definition) is 1. The minimum atomic E-state index is -3.65. The van der Waals surface area contributed by atoms with Crippen molar-refractivity contribution in [2.75, 3.05) is 12.8 Å². The second kappa shape index (κ2) is 5.90. The summed E-state index contributed by atoms with van der Waals surface area (Å²) in [7, 11) is -2.13. The van der Waals surface area contributed by atoms with Crippen LogP contribution in [0.2, 0.25) is 0 Å². The number of benzene rings is 1. The van der Waals surface area contributed by atoms with Crippen molar-refractivity contribution in [2.45, 2.75) is 11.4 Å². The van der Waals surface area contributed by atoms with E-state index in [0.29, 0.717) is 0 Å². The van der Waals surface area contributed by atoms with Gasteiger partial charge in [-0.2, -0.15) is 4.31 Å². The molecular formula is C13H14BrN3O2S. The van der Waals surface area contributed by atoms with Crippen molar-refractivity contribution in [1.82, 2.24) is 9.29 Å². The fourth-order valence-corrected chi connectivity index (χ4v) is 3.41. The first-order valence-electron chi connectivity index (χ1n) is 5.81. The largest absolute Gasteiger partial charge is 0.398 e. The van der Waals surface area contributed by atoms with E-state index in [9.17, 15) is 8.42 Å². The summed E-state index contributed by atoms with van der Waals surface area (Å²) >= 11 is 3.36. The van der Waals surface area contributed by atoms with Crippen molar-refractivity contribution in [1.29, 1.82) is 0 Å². The van der Waals surface area contributed by atoms with E-state index >= 15 is 0 Å². The Bertz CT molecular complexity index is 719. The number of nitrogen functional groups attached to an aromatic ring is 1. The standard InChI is InChI=1S/C13H14BrN3O2S/c1-17(9-10-3-2-4-11(14)7-10)20(18,19)13-8-16-6-5-12(13)15/h2-8H,9H2,1H3,(H2,15,16). The Hall–Kier alpha value is -1.44. The maximum atomic E-state index is 12.4. The molecule has 0 atom stereocenters. The highest BCUT2D eigenvalue weighted by Crippen LogP contribution is 2.22. The molecule has 0 saturated carbocycles. The second-order valence-corrected chi connectivity index (χ2v) is 7.23. The molecule has 2 rings (SSSR count). The van der Waals surface area contributed by atoms with Crippen molar-refractivity contribution in [3.63, 3.8) is 0 Å². The quantitative estimate of drug-likeness (QED) is 0.912. The van der Waals surface area contributed by atoms with Gasteiger partial charge in [0, 0.05) is 30.5 Å². The Morgan fingerprint density at radius 3 is 2.75 bits per heavy atom. The van der Waals surface area contributed by atoms with Gasteiger partial charge in [-0.3, -0.25) is 4.98 Å². The van der Waals surface area contributed by atoms with Crippen molar-refractivity contribution in [3.05, 3.63) is 52.8 Å². The van der Waals surface area contributed by atoms with Gasteiger partial charge in [-0.15, -0.1) is 0 Å². The van der Waals surface area contributed by atoms with E-state index in [2.05, 4.69) is 20.9 Å². The Kier molecular flexibility index (Phi) is 4.42. The zero-order valence-electron chi connectivity index (χ0n) is 10.8. The van der Waals surface area contributed by atoms with Gasteiger partial charge < -0.3 is 5.73 Å². The van der Waals surface area contributed by atoms with Crippen molar-refractivity contribution in [3.8, 4) is 0 Å². The molecule has 2 N–H and O–H groups in total. The van der Waals surface area contributed by atoms with Gasteiger partial charge >= 0.3 is 0 Å². The predicted octanol–water partition coefficient (Wildman–Crippen LogP) is 2.25. The van der Waals surface area contributed by atoms with E-state index < -0.39 is 10.0 Å². The second-order valence-electron chi connectivity index (χ2n) is 4.30. The number of nitrogens with zero attached hydrogens (tertiary/aromatic N) is 2. The van der Waals surface area contributed by atoms with E-state index in [4.69, 9.17) is 5.73 Å². The molecule has 1 aromatic carbocycles. The van der Waals surface area contributed by atoms with Gasteiger partial charge in [0.05, 0.1) is 5.69 Å². The maximum absolute atomic E-state index is 12.4. The Morgan fingerprint density at radius 1 is 1.35 bits per heavy atom. The van der Waals surface area contributed by atoms with Crippen LogP contribution in [-0.2, 0) is 16.6 Å². The molecule has 0 amide bonds. The number of halogens is 1. The molecule has 0 spiro atoms. The molecule has 106 valence electrons. The average molecular weight is 356 g/mol. The first-order chi connectivity index (χ1) is 9.41. The lowest BCUT2D eigenvalue weighted by Crippen LogP contribution is -2.27. The Morgan fingerprint density at radius 2 is 2.10 bits per heavy atom. The van der Waals surface area contributed by atoms with Crippen molar-refractivity contribution < 1.29 is 8.42 Å². The van der Waals surface area contributed by atoms with Crippen LogP contribution in [0.3, 0.4) is 0 Å². The molecule has 7 heteroatoms. The lowest BCUT2D eigenvalue weighted by Gasteiger charge is -2.18. The number of hydrogen-bond acceptors (Lipinski definition) is 4. The highest BCUT2D eigenvalue weighted by atomic mass is 79.9. The molecule has 1 aromatic heterocycles. The molecule has 0 saturated heterocycles. The van der Waals surface area contributed by atoms with Crippen LogP contribution in [0.15, 0.2) is 52.1 Å². The smallest absolute Gasteiger partial charge is 0.246 e. The van der Waals surface area contributed by atoms with Crippen LogP contribution in [0.25, 0.3) is 0 Å². The molecule has 0 fully saturated rings. The summed E-state index contributed by atoms with van der Waals surface area (Å²) in [4.78, 5) is 3.85. The zero-order valence-corrected chi connectivity index (χ0v) is 13.2. The van der Waals surface area contributed by atoms with Gasteiger partial charge in [-0.25, -0.2) is 8.42 Å². The molecule has 0 unspecified atom stereocenters. The summed E-state index contributed by atoms with van der Waals surface area (Å²) in [6.07, 6.45) is 2.73. The summed E-state index contributed by atoms with van der Waals surface area (Å²) < 4.78 is 27.0. The predicted molar refractivity (Wildman–Crippen MR) is 81.4 cm³/mol. The van der Waals surface area contributed by atoms with Gasteiger partial charge in [0.25, 0.3) is 0 Å². The van der Waals surface area contributed by atoms with Crippen LogP contribution >= 0.6 is 15.9 Å². The number of nitrogens with two attached hydrogens (primary N) is 1. The molecule has 1 heterocycles. The number of aromatic nitrogens is 1. The van der Waals surface area contributed by atoms with Crippen LogP contribution in [-0.4, -0.2) is 24.8 Å². The van der Waals surface area contributed by atoms with Gasteiger partial charge in [-0.1, -0.05) is 28.1 Å². The fourth-order valence-electron chi connectivity index (χ4n) is 1.75. The third kappa shape index (κ3) is 3.17. The lowest BCUT2D eigenvalue weighted by molar-refractivity contribution is 0.466. The molecule has 0 radical (unpaired) electrons. The molecule has 0 aliphatic heterocycles. The van der Waals surface area contributed by atoms with Gasteiger partial charge in [0.2, 0.25) is 10.0 Å². The topological polar surface area (TPSA) is 76.3 Å². The van der Waals surface area contributed by atoms with Crippen LogP contribution in [0.4, 0.5) is 5.69 Å². The average Bonchev–Trinajstić information content (AvgIpc) is 2.39. The fraction of sp³-hybridized carbons (Fsp3) is 0.154. The highest BCUT2D eigenvalue weighted by Gasteiger charge is 2.23. The Balaban J connectivity index is 2.29. The zero-order chi connectivity index (χ0) is 14.8. The van der Waals surface area contributed by atoms with E-state index in [-0.39, 0.29) is 17.1 Å². The van der Waals surface area contributed by atoms with Gasteiger partial charge in [0.1, 0.15) is 4.90 Å². The van der Waals surface area contributed by atoms with E-state index in [0.717, 1.165) is 10.0 Å². The summed E-state index contributed by atoms with van der Waals surface area (Å²) in [6, 6.07) is 8.96. The van der Waals surface area contributed by atoms with Crippen LogP contribution in [0.5, 0.6) is 0 Å². The summed E-state index contributed by atoms with van der Waals surface area (Å²) in [5.74, 6) is 0. The highest BCUT2D eigenvalue weighted by molar-refractivity contribution is 9.10. The number of pyridine rings is 1. The first-order valence-corrected chi connectivity index (χ1v) is 8.05. The first kappa shape index (κ1) is 15.0. The van der Waals surface area contributed by atoms with E-state index in [1.165, 1.54) is 29.8 Å². The molecule has 0 aliphatic carbocycles. The van der Waals surface area contributed by atoms with Gasteiger partial charge in [0.15, 0.2) is 0 Å². The summed E-state index contributed by atoms with van der Waals surface area (Å²) in [6.45, 7) is 0.260. The third-order valence-electron chi connectivity index (χ3n) is 2.80.